The van der Waals surface area contributed by atoms with Crippen LogP contribution in [0.15, 0.2) is 39.5 Å². The topological polar surface area (TPSA) is 141 Å². The molecule has 8 nitrogen and oxygen atoms in total. The lowest BCUT2D eigenvalue weighted by Gasteiger charge is -2.11. The molecule has 0 saturated heterocycles. The van der Waals surface area contributed by atoms with Crippen LogP contribution in [0.1, 0.15) is 0 Å². The van der Waals surface area contributed by atoms with E-state index in [0.29, 0.717) is 0 Å². The van der Waals surface area contributed by atoms with Crippen LogP contribution in [-0.4, -0.2) is 38.3 Å². The second-order valence-electron chi connectivity index (χ2n) is 5.56. The molecule has 3 rings (SSSR count). The summed E-state index contributed by atoms with van der Waals surface area (Å²) in [5.41, 5.74) is -0.829. The summed E-state index contributed by atoms with van der Waals surface area (Å²) in [4.78, 5) is 21.6. The molecule has 26 heavy (non-hydrogen) atoms. The van der Waals surface area contributed by atoms with Crippen LogP contribution in [0.5, 0.6) is 28.7 Å². The lowest BCUT2D eigenvalue weighted by Crippen LogP contribution is -2.03. The predicted molar refractivity (Wildman–Crippen MR) is 95.1 cm³/mol. The molecule has 0 spiro atoms. The highest BCUT2D eigenvalue weighted by molar-refractivity contribution is 7.50. The van der Waals surface area contributed by atoms with Crippen LogP contribution < -0.4 is 10.2 Å². The molecule has 1 aromatic heterocycles. The van der Waals surface area contributed by atoms with Gasteiger partial charge in [-0.15, -0.1) is 0 Å². The Morgan fingerprint density at radius 1 is 1.08 bits per heavy atom. The molecule has 9 heteroatoms. The molecule has 0 radical (unpaired) electrons. The lowest BCUT2D eigenvalue weighted by atomic mass is 10.1. The van der Waals surface area contributed by atoms with Crippen LogP contribution >= 0.6 is 8.15 Å². The highest BCUT2D eigenvalue weighted by atomic mass is 31.1. The largest absolute Gasteiger partial charge is 0.508 e. The Bertz CT molecular complexity index is 1040. The Morgan fingerprint density at radius 3 is 2.46 bits per heavy atom. The number of phenols is 3. The molecule has 0 bridgehead atoms. The van der Waals surface area contributed by atoms with E-state index in [9.17, 15) is 30.1 Å². The van der Waals surface area contributed by atoms with E-state index in [0.717, 1.165) is 12.1 Å². The van der Waals surface area contributed by atoms with E-state index in [1.807, 2.05) is 0 Å². The van der Waals surface area contributed by atoms with Crippen molar-refractivity contribution in [2.75, 3.05) is 13.0 Å². The van der Waals surface area contributed by atoms with Crippen molar-refractivity contribution >= 4 is 19.1 Å². The first-order chi connectivity index (χ1) is 12.3. The van der Waals surface area contributed by atoms with Crippen molar-refractivity contribution in [2.24, 2.45) is 0 Å². The maximum atomic E-state index is 12.3. The van der Waals surface area contributed by atoms with Crippen molar-refractivity contribution in [1.29, 1.82) is 0 Å². The van der Waals surface area contributed by atoms with Crippen molar-refractivity contribution < 1.29 is 34.5 Å². The van der Waals surface area contributed by atoms with Gasteiger partial charge in [-0.1, -0.05) is 0 Å². The number of ether oxygens (including phenoxy) is 1. The third-order valence-corrected chi connectivity index (χ3v) is 4.07. The maximum absolute atomic E-state index is 12.3. The normalized spacial score (nSPS) is 12.2. The first-order valence-corrected chi connectivity index (χ1v) is 9.28. The fraction of sp³-hybridized carbons (Fsp3) is 0.118. The number of benzene rings is 2. The Kier molecular flexibility index (Phi) is 4.63. The van der Waals surface area contributed by atoms with Crippen LogP contribution in [0.3, 0.4) is 0 Å². The molecular formula is C17H15O8P. The standard InChI is InChI=1S/C17H15O8P/c1-26(23)7-24-12-3-2-8(4-10(12)19)17-16(22)15(21)14-11(20)5-9(18)6-13(14)25-17/h2-6,18-20,22-23H,7H2,1H3. The van der Waals surface area contributed by atoms with Crippen molar-refractivity contribution in [2.45, 2.75) is 0 Å². The molecule has 0 amide bonds. The van der Waals surface area contributed by atoms with Gasteiger partial charge < -0.3 is 34.5 Å². The molecular weight excluding hydrogens is 363 g/mol. The minimum Gasteiger partial charge on any atom is -0.508 e. The summed E-state index contributed by atoms with van der Waals surface area (Å²) in [6.07, 6.45) is 0.0388. The third kappa shape index (κ3) is 3.24. The van der Waals surface area contributed by atoms with E-state index in [2.05, 4.69) is 0 Å². The summed E-state index contributed by atoms with van der Waals surface area (Å²) in [5, 5.41) is 39.3. The van der Waals surface area contributed by atoms with Gasteiger partial charge in [0.1, 0.15) is 28.8 Å². The maximum Gasteiger partial charge on any atom is 0.238 e. The zero-order chi connectivity index (χ0) is 19.0. The Labute approximate surface area is 148 Å². The minimum absolute atomic E-state index is 0.0388. The van der Waals surface area contributed by atoms with Gasteiger partial charge in [0.25, 0.3) is 0 Å². The SMILES string of the molecule is CP(O)COc1ccc(-c2oc3cc(O)cc(O)c3c(=O)c2O)cc1O. The summed E-state index contributed by atoms with van der Waals surface area (Å²) in [5.74, 6) is -1.99. The number of hydrogen-bond donors (Lipinski definition) is 5. The summed E-state index contributed by atoms with van der Waals surface area (Å²) >= 11 is 0. The van der Waals surface area contributed by atoms with Gasteiger partial charge in [0, 0.05) is 17.7 Å². The van der Waals surface area contributed by atoms with E-state index in [1.165, 1.54) is 18.2 Å². The van der Waals surface area contributed by atoms with Crippen molar-refractivity contribution in [3.05, 3.63) is 40.6 Å². The van der Waals surface area contributed by atoms with E-state index >= 15 is 0 Å². The number of aromatic hydroxyl groups is 4. The Balaban J connectivity index is 2.12. The fourth-order valence-corrected chi connectivity index (χ4v) is 2.74. The second-order valence-corrected chi connectivity index (χ2v) is 7.13. The van der Waals surface area contributed by atoms with Gasteiger partial charge in [0.05, 0.1) is 8.15 Å². The summed E-state index contributed by atoms with van der Waals surface area (Å²) in [6.45, 7) is 1.59. The van der Waals surface area contributed by atoms with Crippen LogP contribution in [-0.2, 0) is 0 Å². The van der Waals surface area contributed by atoms with E-state index < -0.39 is 25.1 Å². The molecule has 1 unspecified atom stereocenters. The van der Waals surface area contributed by atoms with E-state index in [-0.39, 0.29) is 45.9 Å². The monoisotopic (exact) mass is 378 g/mol. The molecule has 1 atom stereocenters. The zero-order valence-electron chi connectivity index (χ0n) is 13.5. The molecule has 1 heterocycles. The zero-order valence-corrected chi connectivity index (χ0v) is 14.4. The fourth-order valence-electron chi connectivity index (χ4n) is 2.41. The average Bonchev–Trinajstić information content (AvgIpc) is 2.56. The number of fused-ring (bicyclic) bond motifs is 1. The summed E-state index contributed by atoms with van der Waals surface area (Å²) in [7, 11) is -1.30. The lowest BCUT2D eigenvalue weighted by molar-refractivity contribution is 0.347. The molecule has 0 fully saturated rings. The first-order valence-electron chi connectivity index (χ1n) is 7.36. The van der Waals surface area contributed by atoms with Crippen LogP contribution in [0.25, 0.3) is 22.3 Å². The van der Waals surface area contributed by atoms with E-state index in [4.69, 9.17) is 9.15 Å². The number of rotatable bonds is 4. The molecule has 3 aromatic rings. The predicted octanol–water partition coefficient (Wildman–Crippen LogP) is 2.64. The molecule has 0 aliphatic rings. The van der Waals surface area contributed by atoms with Crippen LogP contribution in [0.4, 0.5) is 0 Å². The summed E-state index contributed by atoms with van der Waals surface area (Å²) < 4.78 is 10.7. The number of phenolic OH excluding ortho intramolecular Hbond substituents is 3. The Hall–Kier alpha value is -2.96. The van der Waals surface area contributed by atoms with Gasteiger partial charge in [-0.25, -0.2) is 0 Å². The molecule has 0 aliphatic carbocycles. The quantitative estimate of drug-likeness (QED) is 0.437. The van der Waals surface area contributed by atoms with Crippen LogP contribution in [0, 0.1) is 0 Å². The van der Waals surface area contributed by atoms with Gasteiger partial charge in [-0.2, -0.15) is 0 Å². The van der Waals surface area contributed by atoms with Crippen molar-refractivity contribution in [3.63, 3.8) is 0 Å². The van der Waals surface area contributed by atoms with E-state index in [1.54, 1.807) is 6.66 Å². The van der Waals surface area contributed by atoms with Gasteiger partial charge in [-0.3, -0.25) is 4.79 Å². The molecule has 0 aliphatic heterocycles. The third-order valence-electron chi connectivity index (χ3n) is 3.56. The van der Waals surface area contributed by atoms with Crippen molar-refractivity contribution in [1.82, 2.24) is 0 Å². The van der Waals surface area contributed by atoms with Crippen molar-refractivity contribution in [3.8, 4) is 40.1 Å². The summed E-state index contributed by atoms with van der Waals surface area (Å²) in [6, 6.07) is 6.14. The molecule has 2 aromatic carbocycles. The van der Waals surface area contributed by atoms with Gasteiger partial charge >= 0.3 is 0 Å². The molecule has 5 N–H and O–H groups in total. The molecule has 0 saturated carbocycles. The van der Waals surface area contributed by atoms with Gasteiger partial charge in [0.15, 0.2) is 17.3 Å². The minimum atomic E-state index is -1.30. The first kappa shape index (κ1) is 17.8. The highest BCUT2D eigenvalue weighted by Gasteiger charge is 2.19. The van der Waals surface area contributed by atoms with Gasteiger partial charge in [0.2, 0.25) is 11.2 Å². The average molecular weight is 378 g/mol. The highest BCUT2D eigenvalue weighted by Crippen LogP contribution is 2.38. The molecule has 136 valence electrons. The van der Waals surface area contributed by atoms with Gasteiger partial charge in [-0.05, 0) is 24.9 Å². The van der Waals surface area contributed by atoms with Crippen LogP contribution in [0.2, 0.25) is 0 Å². The number of hydrogen-bond acceptors (Lipinski definition) is 8. The Morgan fingerprint density at radius 2 is 1.81 bits per heavy atom. The smallest absolute Gasteiger partial charge is 0.238 e. The second kappa shape index (κ2) is 6.74.